The van der Waals surface area contributed by atoms with E-state index >= 15 is 0 Å². The van der Waals surface area contributed by atoms with E-state index in [1.807, 2.05) is 6.07 Å². The van der Waals surface area contributed by atoms with E-state index in [0.717, 1.165) is 31.4 Å². The Morgan fingerprint density at radius 3 is 3.14 bits per heavy atom. The van der Waals surface area contributed by atoms with Crippen molar-refractivity contribution in [1.82, 2.24) is 10.3 Å². The number of hydrogen-bond acceptors (Lipinski definition) is 4. The largest absolute Gasteiger partial charge is 0.383 e. The summed E-state index contributed by atoms with van der Waals surface area (Å²) in [6.07, 6.45) is 3.52. The van der Waals surface area contributed by atoms with Gasteiger partial charge in [0.25, 0.3) is 0 Å². The molecule has 0 spiro atoms. The molecule has 1 saturated heterocycles. The van der Waals surface area contributed by atoms with E-state index in [1.54, 1.807) is 6.20 Å². The zero-order valence-electron chi connectivity index (χ0n) is 7.86. The average molecular weight is 191 g/mol. The average Bonchev–Trinajstić information content (AvgIpc) is 2.70. The Morgan fingerprint density at radius 1 is 1.64 bits per heavy atom. The number of nitrogens with zero attached hydrogens (tertiary/aromatic N) is 1. The number of nitrogens with one attached hydrogen (secondary N) is 1. The number of aromatic nitrogens is 1. The maximum Gasteiger partial charge on any atom is 0.154 e. The van der Waals surface area contributed by atoms with Gasteiger partial charge in [0, 0.05) is 12.7 Å². The molecule has 0 radical (unpaired) electrons. The van der Waals surface area contributed by atoms with Crippen molar-refractivity contribution < 1.29 is 4.79 Å². The van der Waals surface area contributed by atoms with Crippen LogP contribution < -0.4 is 11.1 Å². The lowest BCUT2D eigenvalue weighted by Crippen LogP contribution is -2.10. The van der Waals surface area contributed by atoms with Gasteiger partial charge in [-0.2, -0.15) is 0 Å². The molecule has 0 bridgehead atoms. The molecule has 1 aromatic heterocycles. The quantitative estimate of drug-likeness (QED) is 0.670. The Balaban J connectivity index is 2.40. The van der Waals surface area contributed by atoms with Gasteiger partial charge in [-0.15, -0.1) is 0 Å². The summed E-state index contributed by atoms with van der Waals surface area (Å²) >= 11 is 0. The van der Waals surface area contributed by atoms with Crippen molar-refractivity contribution in [2.45, 2.75) is 12.3 Å². The number of carbonyl (C=O) groups excluding carboxylic acids is 1. The van der Waals surface area contributed by atoms with E-state index < -0.39 is 0 Å². The smallest absolute Gasteiger partial charge is 0.154 e. The van der Waals surface area contributed by atoms with Crippen LogP contribution in [-0.4, -0.2) is 24.4 Å². The zero-order chi connectivity index (χ0) is 9.97. The number of nitrogen functional groups attached to an aromatic ring is 1. The number of hydrogen-bond donors (Lipinski definition) is 2. The first-order chi connectivity index (χ1) is 6.83. The highest BCUT2D eigenvalue weighted by Crippen LogP contribution is 2.26. The van der Waals surface area contributed by atoms with Gasteiger partial charge in [0.15, 0.2) is 6.29 Å². The van der Waals surface area contributed by atoms with E-state index in [2.05, 4.69) is 10.3 Å². The number of pyridine rings is 1. The van der Waals surface area contributed by atoms with Crippen LogP contribution in [0.5, 0.6) is 0 Å². The normalized spacial score (nSPS) is 21.0. The van der Waals surface area contributed by atoms with Crippen molar-refractivity contribution >= 4 is 12.1 Å². The minimum Gasteiger partial charge on any atom is -0.383 e. The monoisotopic (exact) mass is 191 g/mol. The molecule has 0 aromatic carbocycles. The fraction of sp³-hybridized carbons (Fsp3) is 0.400. The molecule has 1 aliphatic rings. The molecule has 2 heterocycles. The predicted molar refractivity (Wildman–Crippen MR) is 54.3 cm³/mol. The summed E-state index contributed by atoms with van der Waals surface area (Å²) in [5.74, 6) is 0.741. The molecule has 1 fully saturated rings. The standard InChI is InChI=1S/C10H13N3O/c11-10-9(6-14)8(2-4-13-10)7-1-3-12-5-7/h2,4,6-7,12H,1,3,5H2,(H2,11,13). The molecule has 74 valence electrons. The Hall–Kier alpha value is -1.42. The Bertz CT molecular complexity index is 345. The van der Waals surface area contributed by atoms with E-state index in [-0.39, 0.29) is 0 Å². The topological polar surface area (TPSA) is 68.0 Å². The number of rotatable bonds is 2. The zero-order valence-corrected chi connectivity index (χ0v) is 7.86. The van der Waals surface area contributed by atoms with Gasteiger partial charge in [0.05, 0.1) is 5.56 Å². The minimum atomic E-state index is 0.337. The summed E-state index contributed by atoms with van der Waals surface area (Å²) < 4.78 is 0. The van der Waals surface area contributed by atoms with Crippen molar-refractivity contribution in [3.8, 4) is 0 Å². The van der Waals surface area contributed by atoms with Gasteiger partial charge < -0.3 is 11.1 Å². The maximum atomic E-state index is 10.9. The van der Waals surface area contributed by atoms with E-state index in [0.29, 0.717) is 17.3 Å². The van der Waals surface area contributed by atoms with Crippen molar-refractivity contribution in [3.05, 3.63) is 23.4 Å². The fourth-order valence-electron chi connectivity index (χ4n) is 1.91. The van der Waals surface area contributed by atoms with Crippen LogP contribution in [0, 0.1) is 0 Å². The van der Waals surface area contributed by atoms with Crippen LogP contribution in [0.3, 0.4) is 0 Å². The molecule has 4 nitrogen and oxygen atoms in total. The first-order valence-electron chi connectivity index (χ1n) is 4.73. The molecule has 0 aliphatic carbocycles. The fourth-order valence-corrected chi connectivity index (χ4v) is 1.91. The summed E-state index contributed by atoms with van der Waals surface area (Å²) in [4.78, 5) is 14.8. The second kappa shape index (κ2) is 3.75. The minimum absolute atomic E-state index is 0.337. The summed E-state index contributed by atoms with van der Waals surface area (Å²) in [5, 5.41) is 3.26. The Morgan fingerprint density at radius 2 is 2.50 bits per heavy atom. The van der Waals surface area contributed by atoms with Crippen LogP contribution in [0.15, 0.2) is 12.3 Å². The van der Waals surface area contributed by atoms with Gasteiger partial charge in [0.2, 0.25) is 0 Å². The van der Waals surface area contributed by atoms with Crippen molar-refractivity contribution in [2.75, 3.05) is 18.8 Å². The summed E-state index contributed by atoms with van der Waals surface area (Å²) in [5.41, 5.74) is 7.22. The van der Waals surface area contributed by atoms with Crippen LogP contribution in [0.2, 0.25) is 0 Å². The van der Waals surface area contributed by atoms with Crippen molar-refractivity contribution in [1.29, 1.82) is 0 Å². The van der Waals surface area contributed by atoms with Gasteiger partial charge in [-0.05, 0) is 30.5 Å². The number of aldehydes is 1. The lowest BCUT2D eigenvalue weighted by Gasteiger charge is -2.11. The van der Waals surface area contributed by atoms with Gasteiger partial charge >= 0.3 is 0 Å². The van der Waals surface area contributed by atoms with Crippen LogP contribution in [-0.2, 0) is 0 Å². The molecule has 3 N–H and O–H groups in total. The van der Waals surface area contributed by atoms with Crippen LogP contribution in [0.4, 0.5) is 5.82 Å². The Labute approximate surface area is 82.5 Å². The molecular formula is C10H13N3O. The van der Waals surface area contributed by atoms with E-state index in [4.69, 9.17) is 5.73 Å². The van der Waals surface area contributed by atoms with Gasteiger partial charge in [-0.3, -0.25) is 4.79 Å². The van der Waals surface area contributed by atoms with Gasteiger partial charge in [0.1, 0.15) is 5.82 Å². The van der Waals surface area contributed by atoms with Crippen LogP contribution >= 0.6 is 0 Å². The van der Waals surface area contributed by atoms with Gasteiger partial charge in [-0.1, -0.05) is 0 Å². The molecule has 0 saturated carbocycles. The summed E-state index contributed by atoms with van der Waals surface area (Å²) in [7, 11) is 0. The highest BCUT2D eigenvalue weighted by molar-refractivity contribution is 5.84. The first kappa shape index (κ1) is 9.15. The third kappa shape index (κ3) is 1.48. The van der Waals surface area contributed by atoms with Crippen LogP contribution in [0.1, 0.15) is 28.3 Å². The third-order valence-corrected chi connectivity index (χ3v) is 2.67. The lowest BCUT2D eigenvalue weighted by molar-refractivity contribution is 0.112. The molecule has 14 heavy (non-hydrogen) atoms. The molecule has 1 aliphatic heterocycles. The highest BCUT2D eigenvalue weighted by Gasteiger charge is 2.20. The second-order valence-corrected chi connectivity index (χ2v) is 3.51. The number of anilines is 1. The SMILES string of the molecule is Nc1nccc(C2CCNC2)c1C=O. The van der Waals surface area contributed by atoms with E-state index in [9.17, 15) is 4.79 Å². The molecular weight excluding hydrogens is 178 g/mol. The molecule has 0 amide bonds. The first-order valence-corrected chi connectivity index (χ1v) is 4.73. The predicted octanol–water partition coefficient (Wildman–Crippen LogP) is 0.553. The molecule has 1 atom stereocenters. The lowest BCUT2D eigenvalue weighted by atomic mass is 9.95. The van der Waals surface area contributed by atoms with Crippen molar-refractivity contribution in [2.24, 2.45) is 0 Å². The number of carbonyl (C=O) groups is 1. The molecule has 1 aromatic rings. The van der Waals surface area contributed by atoms with Crippen LogP contribution in [0.25, 0.3) is 0 Å². The molecule has 2 rings (SSSR count). The van der Waals surface area contributed by atoms with Crippen molar-refractivity contribution in [3.63, 3.8) is 0 Å². The maximum absolute atomic E-state index is 10.9. The Kier molecular flexibility index (Phi) is 2.45. The molecule has 4 heteroatoms. The number of nitrogens with two attached hydrogens (primary N) is 1. The summed E-state index contributed by atoms with van der Waals surface area (Å²) in [6, 6.07) is 1.89. The van der Waals surface area contributed by atoms with E-state index in [1.165, 1.54) is 0 Å². The third-order valence-electron chi connectivity index (χ3n) is 2.67. The highest BCUT2D eigenvalue weighted by atomic mass is 16.1. The second-order valence-electron chi connectivity index (χ2n) is 3.51. The summed E-state index contributed by atoms with van der Waals surface area (Å²) in [6.45, 7) is 1.93. The van der Waals surface area contributed by atoms with Gasteiger partial charge in [-0.25, -0.2) is 4.98 Å². The molecule has 1 unspecified atom stereocenters.